The first-order valence-corrected chi connectivity index (χ1v) is 8.99. The lowest BCUT2D eigenvalue weighted by atomic mass is 10.2. The van der Waals surface area contributed by atoms with Crippen molar-refractivity contribution in [2.75, 3.05) is 26.0 Å². The lowest BCUT2D eigenvalue weighted by Gasteiger charge is -2.11. The molecule has 7 nitrogen and oxygen atoms in total. The largest absolute Gasteiger partial charge is 0.452 e. The van der Waals surface area contributed by atoms with Crippen molar-refractivity contribution < 1.29 is 31.5 Å². The number of hydrogen-bond donors (Lipinski definition) is 1. The molecule has 0 aliphatic heterocycles. The van der Waals surface area contributed by atoms with Crippen molar-refractivity contribution >= 4 is 27.6 Å². The molecule has 0 aliphatic rings. The molecule has 10 heteroatoms. The van der Waals surface area contributed by atoms with Crippen LogP contribution in [-0.4, -0.2) is 45.3 Å². The van der Waals surface area contributed by atoms with E-state index >= 15 is 0 Å². The molecule has 0 heterocycles. The van der Waals surface area contributed by atoms with Gasteiger partial charge in [0.15, 0.2) is 6.61 Å². The summed E-state index contributed by atoms with van der Waals surface area (Å²) in [7, 11) is -0.880. The van der Waals surface area contributed by atoms with E-state index in [1.54, 1.807) is 0 Å². The molecule has 2 rings (SSSR count). The van der Waals surface area contributed by atoms with Crippen LogP contribution in [0, 0.1) is 11.6 Å². The fraction of sp³-hybridized carbons (Fsp3) is 0.176. The van der Waals surface area contributed by atoms with E-state index in [0.29, 0.717) is 6.07 Å². The lowest BCUT2D eigenvalue weighted by molar-refractivity contribution is -0.119. The van der Waals surface area contributed by atoms with Crippen LogP contribution >= 0.6 is 0 Å². The van der Waals surface area contributed by atoms with Crippen molar-refractivity contribution in [3.8, 4) is 0 Å². The van der Waals surface area contributed by atoms with Gasteiger partial charge in [0, 0.05) is 25.8 Å². The quantitative estimate of drug-likeness (QED) is 0.752. The molecular weight excluding hydrogens is 382 g/mol. The van der Waals surface area contributed by atoms with Crippen LogP contribution in [0.1, 0.15) is 10.4 Å². The van der Waals surface area contributed by atoms with Crippen molar-refractivity contribution in [3.05, 3.63) is 59.7 Å². The molecule has 0 bridgehead atoms. The average Bonchev–Trinajstić information content (AvgIpc) is 2.58. The van der Waals surface area contributed by atoms with Crippen LogP contribution < -0.4 is 5.32 Å². The SMILES string of the molecule is CN(C)S(=O)(=O)c1ccc(C(=O)OCC(=O)Nc2cc(F)cc(F)c2)cc1. The van der Waals surface area contributed by atoms with Crippen LogP contribution in [-0.2, 0) is 19.6 Å². The number of rotatable bonds is 6. The summed E-state index contributed by atoms with van der Waals surface area (Å²) in [5, 5.41) is 2.19. The summed E-state index contributed by atoms with van der Waals surface area (Å²) in [5.74, 6) is -3.38. The second kappa shape index (κ2) is 8.23. The smallest absolute Gasteiger partial charge is 0.338 e. The van der Waals surface area contributed by atoms with Gasteiger partial charge >= 0.3 is 5.97 Å². The number of ether oxygens (including phenoxy) is 1. The Balaban J connectivity index is 1.96. The van der Waals surface area contributed by atoms with Gasteiger partial charge in [0.2, 0.25) is 10.0 Å². The van der Waals surface area contributed by atoms with E-state index in [2.05, 4.69) is 5.32 Å². The van der Waals surface area contributed by atoms with Crippen LogP contribution in [0.5, 0.6) is 0 Å². The predicted molar refractivity (Wildman–Crippen MR) is 92.6 cm³/mol. The zero-order valence-corrected chi connectivity index (χ0v) is 15.2. The van der Waals surface area contributed by atoms with Crippen molar-refractivity contribution in [2.45, 2.75) is 4.90 Å². The fourth-order valence-corrected chi connectivity index (χ4v) is 2.91. The minimum absolute atomic E-state index is 0.00470. The highest BCUT2D eigenvalue weighted by Crippen LogP contribution is 2.15. The molecule has 2 aromatic carbocycles. The molecule has 0 fully saturated rings. The molecule has 0 saturated carbocycles. The zero-order valence-electron chi connectivity index (χ0n) is 14.4. The average molecular weight is 398 g/mol. The Morgan fingerprint density at radius 3 is 2.11 bits per heavy atom. The molecule has 0 atom stereocenters. The van der Waals surface area contributed by atoms with Crippen LogP contribution in [0.25, 0.3) is 0 Å². The number of carbonyl (C=O) groups is 2. The van der Waals surface area contributed by atoms with Gasteiger partial charge in [-0.2, -0.15) is 0 Å². The summed E-state index contributed by atoms with van der Waals surface area (Å²) >= 11 is 0. The molecule has 0 aromatic heterocycles. The number of halogens is 2. The lowest BCUT2D eigenvalue weighted by Crippen LogP contribution is -2.22. The Labute approximate surface area is 154 Å². The van der Waals surface area contributed by atoms with E-state index in [1.807, 2.05) is 0 Å². The Hall–Kier alpha value is -2.85. The highest BCUT2D eigenvalue weighted by atomic mass is 32.2. The molecule has 0 aliphatic carbocycles. The zero-order chi connectivity index (χ0) is 20.2. The highest BCUT2D eigenvalue weighted by Gasteiger charge is 2.18. The Bertz CT molecular complexity index is 940. The van der Waals surface area contributed by atoms with Crippen LogP contribution in [0.15, 0.2) is 47.4 Å². The number of amides is 1. The van der Waals surface area contributed by atoms with E-state index in [1.165, 1.54) is 38.4 Å². The van der Waals surface area contributed by atoms with E-state index in [4.69, 9.17) is 4.74 Å². The summed E-state index contributed by atoms with van der Waals surface area (Å²) in [5.41, 5.74) is -0.0795. The van der Waals surface area contributed by atoms with E-state index in [0.717, 1.165) is 16.4 Å². The van der Waals surface area contributed by atoms with Gasteiger partial charge in [-0.1, -0.05) is 0 Å². The molecular formula is C17H16F2N2O5S. The Morgan fingerprint density at radius 1 is 1.04 bits per heavy atom. The first-order valence-electron chi connectivity index (χ1n) is 7.55. The van der Waals surface area contributed by atoms with E-state index in [9.17, 15) is 26.8 Å². The number of nitrogens with one attached hydrogen (secondary N) is 1. The monoisotopic (exact) mass is 398 g/mol. The summed E-state index contributed by atoms with van der Waals surface area (Å²) in [6.45, 7) is -0.686. The topological polar surface area (TPSA) is 92.8 Å². The summed E-state index contributed by atoms with van der Waals surface area (Å²) in [4.78, 5) is 23.6. The number of hydrogen-bond acceptors (Lipinski definition) is 5. The molecule has 0 saturated heterocycles. The van der Waals surface area contributed by atoms with Gasteiger partial charge in [0.05, 0.1) is 10.5 Å². The number of anilines is 1. The number of esters is 1. The maximum atomic E-state index is 13.1. The molecule has 1 N–H and O–H groups in total. The van der Waals surface area contributed by atoms with E-state index < -0.39 is 40.1 Å². The van der Waals surface area contributed by atoms with Crippen molar-refractivity contribution in [3.63, 3.8) is 0 Å². The van der Waals surface area contributed by atoms with E-state index in [-0.39, 0.29) is 16.1 Å². The Morgan fingerprint density at radius 2 is 1.59 bits per heavy atom. The van der Waals surface area contributed by atoms with Gasteiger partial charge in [0.25, 0.3) is 5.91 Å². The van der Waals surface area contributed by atoms with Crippen molar-refractivity contribution in [2.24, 2.45) is 0 Å². The number of nitrogens with zero attached hydrogens (tertiary/aromatic N) is 1. The summed E-state index contributed by atoms with van der Waals surface area (Å²) in [6, 6.07) is 7.44. The number of benzene rings is 2. The molecule has 0 unspecified atom stereocenters. The fourth-order valence-electron chi connectivity index (χ4n) is 2.01. The van der Waals surface area contributed by atoms with Crippen LogP contribution in [0.2, 0.25) is 0 Å². The second-order valence-corrected chi connectivity index (χ2v) is 7.75. The second-order valence-electron chi connectivity index (χ2n) is 5.59. The third-order valence-corrected chi connectivity index (χ3v) is 5.18. The summed E-state index contributed by atoms with van der Waals surface area (Å²) < 4.78 is 55.8. The number of carbonyl (C=O) groups excluding carboxylic acids is 2. The normalized spacial score (nSPS) is 11.3. The molecule has 1 amide bonds. The molecule has 144 valence electrons. The minimum Gasteiger partial charge on any atom is -0.452 e. The van der Waals surface area contributed by atoms with Crippen molar-refractivity contribution in [1.82, 2.24) is 4.31 Å². The molecule has 0 spiro atoms. The highest BCUT2D eigenvalue weighted by molar-refractivity contribution is 7.89. The first-order chi connectivity index (χ1) is 12.6. The number of sulfonamides is 1. The first kappa shape index (κ1) is 20.5. The van der Waals surface area contributed by atoms with Gasteiger partial charge in [0.1, 0.15) is 11.6 Å². The summed E-state index contributed by atoms with van der Waals surface area (Å²) in [6.07, 6.45) is 0. The van der Waals surface area contributed by atoms with Gasteiger partial charge in [-0.25, -0.2) is 26.3 Å². The maximum absolute atomic E-state index is 13.1. The van der Waals surface area contributed by atoms with Crippen LogP contribution in [0.3, 0.4) is 0 Å². The van der Waals surface area contributed by atoms with Gasteiger partial charge in [-0.3, -0.25) is 4.79 Å². The third kappa shape index (κ3) is 5.31. The van der Waals surface area contributed by atoms with Gasteiger partial charge < -0.3 is 10.1 Å². The Kier molecular flexibility index (Phi) is 6.24. The molecule has 0 radical (unpaired) electrons. The van der Waals surface area contributed by atoms with Crippen molar-refractivity contribution in [1.29, 1.82) is 0 Å². The maximum Gasteiger partial charge on any atom is 0.338 e. The minimum atomic E-state index is -3.63. The van der Waals surface area contributed by atoms with Crippen LogP contribution in [0.4, 0.5) is 14.5 Å². The standard InChI is InChI=1S/C17H16F2N2O5S/c1-21(2)27(24,25)15-5-3-11(4-6-15)17(23)26-10-16(22)20-14-8-12(18)7-13(19)9-14/h3-9H,10H2,1-2H3,(H,20,22). The molecule has 27 heavy (non-hydrogen) atoms. The predicted octanol–water partition coefficient (Wildman–Crippen LogP) is 2.01. The van der Waals surface area contributed by atoms with Gasteiger partial charge in [-0.05, 0) is 36.4 Å². The third-order valence-electron chi connectivity index (χ3n) is 3.35. The van der Waals surface area contributed by atoms with Gasteiger partial charge in [-0.15, -0.1) is 0 Å². The molecule has 2 aromatic rings.